The van der Waals surface area contributed by atoms with E-state index in [1.807, 2.05) is 0 Å². The van der Waals surface area contributed by atoms with Gasteiger partial charge in [0.2, 0.25) is 5.90 Å². The largest absolute Gasteiger partial charge is 0.409 e. The Morgan fingerprint density at radius 2 is 2.56 bits per heavy atom. The molecule has 1 atom stereocenters. The fraction of sp³-hybridized carbons (Fsp3) is 0.600. The zero-order chi connectivity index (χ0) is 6.85. The first-order valence-electron chi connectivity index (χ1n) is 2.58. The standard InChI is InChI=1S/C5H6ClNO2/c1-3-5(8)9-4(2-6)7-3/h3H,2H2,1H3. The van der Waals surface area contributed by atoms with E-state index in [0.717, 1.165) is 0 Å². The van der Waals surface area contributed by atoms with Crippen LogP contribution in [0.2, 0.25) is 0 Å². The van der Waals surface area contributed by atoms with Crippen molar-refractivity contribution >= 4 is 23.5 Å². The first-order chi connectivity index (χ1) is 4.24. The lowest BCUT2D eigenvalue weighted by molar-refractivity contribution is -0.134. The molecule has 0 fully saturated rings. The highest BCUT2D eigenvalue weighted by Gasteiger charge is 2.23. The summed E-state index contributed by atoms with van der Waals surface area (Å²) in [6, 6.07) is -0.362. The number of aliphatic imine (C=N–C) groups is 1. The molecule has 0 N–H and O–H groups in total. The van der Waals surface area contributed by atoms with Gasteiger partial charge in [-0.3, -0.25) is 0 Å². The lowest BCUT2D eigenvalue weighted by Crippen LogP contribution is -2.10. The Bertz CT molecular complexity index is 166. The number of rotatable bonds is 1. The average Bonchev–Trinajstić information content (AvgIpc) is 2.13. The zero-order valence-corrected chi connectivity index (χ0v) is 5.68. The molecule has 50 valence electrons. The molecule has 3 nitrogen and oxygen atoms in total. The van der Waals surface area contributed by atoms with Gasteiger partial charge in [0.05, 0.1) is 5.88 Å². The van der Waals surface area contributed by atoms with Crippen molar-refractivity contribution in [3.63, 3.8) is 0 Å². The van der Waals surface area contributed by atoms with Gasteiger partial charge >= 0.3 is 5.97 Å². The number of cyclic esters (lactones) is 1. The van der Waals surface area contributed by atoms with Crippen molar-refractivity contribution in [2.75, 3.05) is 5.88 Å². The molecule has 1 aliphatic heterocycles. The van der Waals surface area contributed by atoms with Crippen LogP contribution in [0.15, 0.2) is 4.99 Å². The molecule has 0 saturated carbocycles. The maximum Gasteiger partial charge on any atom is 0.337 e. The SMILES string of the molecule is CC1N=C(CCl)OC1=O. The topological polar surface area (TPSA) is 38.7 Å². The van der Waals surface area contributed by atoms with Crippen LogP contribution >= 0.6 is 11.6 Å². The Labute approximate surface area is 57.7 Å². The summed E-state index contributed by atoms with van der Waals surface area (Å²) in [5, 5.41) is 0. The molecule has 0 bridgehead atoms. The molecule has 0 radical (unpaired) electrons. The molecule has 1 unspecified atom stereocenters. The van der Waals surface area contributed by atoms with Gasteiger partial charge in [0, 0.05) is 0 Å². The number of ether oxygens (including phenoxy) is 1. The first kappa shape index (κ1) is 6.55. The van der Waals surface area contributed by atoms with Gasteiger partial charge in [0.15, 0.2) is 0 Å². The minimum atomic E-state index is -0.362. The van der Waals surface area contributed by atoms with Gasteiger partial charge in [-0.1, -0.05) is 0 Å². The van der Waals surface area contributed by atoms with Crippen LogP contribution in [-0.2, 0) is 9.53 Å². The summed E-state index contributed by atoms with van der Waals surface area (Å²) in [5.74, 6) is 0.190. The minimum absolute atomic E-state index is 0.177. The molecule has 0 saturated heterocycles. The van der Waals surface area contributed by atoms with Gasteiger partial charge in [-0.05, 0) is 6.92 Å². The highest BCUT2D eigenvalue weighted by molar-refractivity contribution is 6.28. The lowest BCUT2D eigenvalue weighted by atomic mass is 10.4. The number of halogens is 1. The Morgan fingerprint density at radius 1 is 1.89 bits per heavy atom. The van der Waals surface area contributed by atoms with Crippen molar-refractivity contribution in [3.8, 4) is 0 Å². The molecule has 4 heteroatoms. The predicted molar refractivity (Wildman–Crippen MR) is 33.7 cm³/mol. The van der Waals surface area contributed by atoms with Crippen LogP contribution in [-0.4, -0.2) is 23.8 Å². The fourth-order valence-corrected chi connectivity index (χ4v) is 0.682. The van der Waals surface area contributed by atoms with E-state index in [9.17, 15) is 4.79 Å². The zero-order valence-electron chi connectivity index (χ0n) is 4.93. The minimum Gasteiger partial charge on any atom is -0.409 e. The Morgan fingerprint density at radius 3 is 2.78 bits per heavy atom. The van der Waals surface area contributed by atoms with Crippen molar-refractivity contribution in [1.82, 2.24) is 0 Å². The molecule has 0 aromatic carbocycles. The highest BCUT2D eigenvalue weighted by atomic mass is 35.5. The van der Waals surface area contributed by atoms with Gasteiger partial charge in [0.25, 0.3) is 0 Å². The average molecular weight is 148 g/mol. The van der Waals surface area contributed by atoms with Crippen molar-refractivity contribution in [2.24, 2.45) is 4.99 Å². The Hall–Kier alpha value is -0.570. The molecule has 0 spiro atoms. The Balaban J connectivity index is 2.62. The van der Waals surface area contributed by atoms with Crippen LogP contribution in [0.3, 0.4) is 0 Å². The third kappa shape index (κ3) is 1.21. The third-order valence-corrected chi connectivity index (χ3v) is 1.24. The van der Waals surface area contributed by atoms with Gasteiger partial charge in [-0.25, -0.2) is 9.79 Å². The van der Waals surface area contributed by atoms with E-state index in [1.165, 1.54) is 0 Å². The van der Waals surface area contributed by atoms with E-state index in [2.05, 4.69) is 9.73 Å². The monoisotopic (exact) mass is 147 g/mol. The van der Waals surface area contributed by atoms with Crippen LogP contribution in [0.5, 0.6) is 0 Å². The summed E-state index contributed by atoms with van der Waals surface area (Å²) in [4.78, 5) is 14.3. The summed E-state index contributed by atoms with van der Waals surface area (Å²) < 4.78 is 4.60. The second kappa shape index (κ2) is 2.35. The summed E-state index contributed by atoms with van der Waals surface area (Å²) in [6.07, 6.45) is 0. The third-order valence-electron chi connectivity index (χ3n) is 1.01. The van der Waals surface area contributed by atoms with Crippen molar-refractivity contribution < 1.29 is 9.53 Å². The van der Waals surface area contributed by atoms with Crippen molar-refractivity contribution in [3.05, 3.63) is 0 Å². The predicted octanol–water partition coefficient (Wildman–Crippen LogP) is 0.569. The number of hydrogen-bond donors (Lipinski definition) is 0. The normalized spacial score (nSPS) is 25.8. The molecule has 1 rings (SSSR count). The van der Waals surface area contributed by atoms with E-state index in [-0.39, 0.29) is 17.9 Å². The molecule has 0 amide bonds. The van der Waals surface area contributed by atoms with Crippen LogP contribution in [0.25, 0.3) is 0 Å². The first-order valence-corrected chi connectivity index (χ1v) is 3.12. The van der Waals surface area contributed by atoms with Crippen LogP contribution < -0.4 is 0 Å². The van der Waals surface area contributed by atoms with E-state index >= 15 is 0 Å². The lowest BCUT2D eigenvalue weighted by Gasteiger charge is -1.90. The maximum atomic E-state index is 10.5. The smallest absolute Gasteiger partial charge is 0.337 e. The molecule has 0 aromatic rings. The van der Waals surface area contributed by atoms with Gasteiger partial charge < -0.3 is 4.74 Å². The van der Waals surface area contributed by atoms with Crippen molar-refractivity contribution in [2.45, 2.75) is 13.0 Å². The maximum absolute atomic E-state index is 10.5. The number of hydrogen-bond acceptors (Lipinski definition) is 3. The fourth-order valence-electron chi connectivity index (χ4n) is 0.558. The summed E-state index contributed by atoms with van der Waals surface area (Å²) >= 11 is 5.33. The van der Waals surface area contributed by atoms with Crippen molar-refractivity contribution in [1.29, 1.82) is 0 Å². The molecule has 1 aliphatic rings. The molecule has 9 heavy (non-hydrogen) atoms. The van der Waals surface area contributed by atoms with Crippen LogP contribution in [0.1, 0.15) is 6.92 Å². The number of carbonyl (C=O) groups excluding carboxylic acids is 1. The molecule has 0 aliphatic carbocycles. The van der Waals surface area contributed by atoms with E-state index in [0.29, 0.717) is 5.90 Å². The Kier molecular flexibility index (Phi) is 1.71. The van der Waals surface area contributed by atoms with Crippen LogP contribution in [0, 0.1) is 0 Å². The molecule has 1 heterocycles. The van der Waals surface area contributed by atoms with E-state index < -0.39 is 0 Å². The molecular weight excluding hydrogens is 142 g/mol. The van der Waals surface area contributed by atoms with E-state index in [1.54, 1.807) is 6.92 Å². The van der Waals surface area contributed by atoms with Gasteiger partial charge in [-0.2, -0.15) is 0 Å². The molecule has 0 aromatic heterocycles. The van der Waals surface area contributed by atoms with Crippen LogP contribution in [0.4, 0.5) is 0 Å². The highest BCUT2D eigenvalue weighted by Crippen LogP contribution is 2.05. The number of esters is 1. The summed E-state index contributed by atoms with van der Waals surface area (Å²) in [5.41, 5.74) is 0. The second-order valence-corrected chi connectivity index (χ2v) is 2.02. The number of alkyl halides is 1. The second-order valence-electron chi connectivity index (χ2n) is 1.75. The van der Waals surface area contributed by atoms with E-state index in [4.69, 9.17) is 11.6 Å². The quantitative estimate of drug-likeness (QED) is 0.402. The summed E-state index contributed by atoms with van der Waals surface area (Å²) in [6.45, 7) is 1.67. The van der Waals surface area contributed by atoms with Gasteiger partial charge in [0.1, 0.15) is 6.04 Å². The van der Waals surface area contributed by atoms with Gasteiger partial charge in [-0.15, -0.1) is 11.6 Å². The summed E-state index contributed by atoms with van der Waals surface area (Å²) in [7, 11) is 0. The number of carbonyl (C=O) groups is 1. The number of nitrogens with zero attached hydrogens (tertiary/aromatic N) is 1. The molecular formula is C5H6ClNO2.